The minimum Gasteiger partial charge on any atom is -0.360 e. The fraction of sp³-hybridized carbons (Fsp3) is 0.364. The van der Waals surface area contributed by atoms with Crippen LogP contribution in [-0.2, 0) is 6.18 Å². The van der Waals surface area contributed by atoms with Crippen LogP contribution in [0.2, 0.25) is 5.02 Å². The Morgan fingerprint density at radius 2 is 2.00 bits per heavy atom. The molecule has 0 bridgehead atoms. The molecule has 0 heterocycles. The molecule has 1 aromatic rings. The molecule has 18 heavy (non-hydrogen) atoms. The SMILES string of the molecule is FC(F)(F)c1ccc(NC(=S)NC2CC2)cc1Cl. The van der Waals surface area contributed by atoms with Gasteiger partial charge in [-0.25, -0.2) is 0 Å². The van der Waals surface area contributed by atoms with Crippen molar-refractivity contribution in [3.8, 4) is 0 Å². The molecule has 1 saturated carbocycles. The lowest BCUT2D eigenvalue weighted by Gasteiger charge is -2.12. The average molecular weight is 295 g/mol. The molecule has 98 valence electrons. The van der Waals surface area contributed by atoms with Crippen LogP contribution in [0, 0.1) is 0 Å². The Hall–Kier alpha value is -1.01. The molecule has 0 saturated heterocycles. The lowest BCUT2D eigenvalue weighted by molar-refractivity contribution is -0.137. The van der Waals surface area contributed by atoms with E-state index in [4.69, 9.17) is 23.8 Å². The van der Waals surface area contributed by atoms with Crippen molar-refractivity contribution in [3.05, 3.63) is 28.8 Å². The maximum absolute atomic E-state index is 12.5. The predicted molar refractivity (Wildman–Crippen MR) is 68.8 cm³/mol. The monoisotopic (exact) mass is 294 g/mol. The number of nitrogens with one attached hydrogen (secondary N) is 2. The van der Waals surface area contributed by atoms with Gasteiger partial charge in [0.25, 0.3) is 0 Å². The van der Waals surface area contributed by atoms with Crippen molar-refractivity contribution >= 4 is 34.6 Å². The van der Waals surface area contributed by atoms with Gasteiger partial charge < -0.3 is 10.6 Å². The number of rotatable bonds is 2. The molecule has 2 nitrogen and oxygen atoms in total. The fourth-order valence-corrected chi connectivity index (χ4v) is 1.98. The van der Waals surface area contributed by atoms with Gasteiger partial charge in [-0.2, -0.15) is 13.2 Å². The van der Waals surface area contributed by atoms with Gasteiger partial charge >= 0.3 is 6.18 Å². The molecule has 1 aromatic carbocycles. The predicted octanol–water partition coefficient (Wildman–Crippen LogP) is 3.81. The number of hydrogen-bond donors (Lipinski definition) is 2. The fourth-order valence-electron chi connectivity index (χ4n) is 1.40. The van der Waals surface area contributed by atoms with Crippen LogP contribution < -0.4 is 10.6 Å². The summed E-state index contributed by atoms with van der Waals surface area (Å²) in [5, 5.41) is 5.87. The molecule has 2 rings (SSSR count). The molecule has 2 N–H and O–H groups in total. The summed E-state index contributed by atoms with van der Waals surface area (Å²) in [7, 11) is 0. The van der Waals surface area contributed by atoms with Gasteiger partial charge in [-0.05, 0) is 43.3 Å². The maximum Gasteiger partial charge on any atom is 0.417 e. The average Bonchev–Trinajstić information content (AvgIpc) is 2.99. The van der Waals surface area contributed by atoms with Crippen LogP contribution in [0.4, 0.5) is 18.9 Å². The van der Waals surface area contributed by atoms with Crippen LogP contribution in [0.25, 0.3) is 0 Å². The molecule has 0 radical (unpaired) electrons. The first-order valence-electron chi connectivity index (χ1n) is 5.30. The van der Waals surface area contributed by atoms with Crippen LogP contribution in [-0.4, -0.2) is 11.2 Å². The van der Waals surface area contributed by atoms with E-state index in [1.807, 2.05) is 0 Å². The van der Waals surface area contributed by atoms with Crippen LogP contribution in [0.1, 0.15) is 18.4 Å². The Morgan fingerprint density at radius 3 is 2.50 bits per heavy atom. The van der Waals surface area contributed by atoms with E-state index in [1.165, 1.54) is 12.1 Å². The zero-order valence-corrected chi connectivity index (χ0v) is 10.7. The minimum atomic E-state index is -4.44. The smallest absolute Gasteiger partial charge is 0.360 e. The van der Waals surface area contributed by atoms with Crippen molar-refractivity contribution in [3.63, 3.8) is 0 Å². The van der Waals surface area contributed by atoms with Crippen LogP contribution in [0.3, 0.4) is 0 Å². The van der Waals surface area contributed by atoms with E-state index in [2.05, 4.69) is 10.6 Å². The topological polar surface area (TPSA) is 24.1 Å². The molecule has 1 aliphatic carbocycles. The van der Waals surface area contributed by atoms with Gasteiger partial charge in [0.2, 0.25) is 0 Å². The van der Waals surface area contributed by atoms with E-state index < -0.39 is 11.7 Å². The third kappa shape index (κ3) is 3.49. The molecule has 0 atom stereocenters. The number of alkyl halides is 3. The molecule has 7 heteroatoms. The second-order valence-electron chi connectivity index (χ2n) is 4.07. The number of thiocarbonyl (C=S) groups is 1. The van der Waals surface area contributed by atoms with Crippen LogP contribution in [0.15, 0.2) is 18.2 Å². The van der Waals surface area contributed by atoms with Crippen molar-refractivity contribution in [2.24, 2.45) is 0 Å². The number of benzene rings is 1. The van der Waals surface area contributed by atoms with Crippen molar-refractivity contribution in [2.75, 3.05) is 5.32 Å². The highest BCUT2D eigenvalue weighted by Crippen LogP contribution is 2.35. The molecular formula is C11H10ClF3N2S. The molecule has 1 aliphatic rings. The zero-order chi connectivity index (χ0) is 13.3. The summed E-state index contributed by atoms with van der Waals surface area (Å²) < 4.78 is 37.4. The van der Waals surface area contributed by atoms with Gasteiger partial charge in [0.1, 0.15) is 0 Å². The van der Waals surface area contributed by atoms with Crippen LogP contribution in [0.5, 0.6) is 0 Å². The van der Waals surface area contributed by atoms with E-state index in [0.29, 0.717) is 16.8 Å². The molecule has 0 unspecified atom stereocenters. The van der Waals surface area contributed by atoms with Crippen molar-refractivity contribution in [1.82, 2.24) is 5.32 Å². The van der Waals surface area contributed by atoms with Gasteiger partial charge in [0, 0.05) is 11.7 Å². The number of hydrogen-bond acceptors (Lipinski definition) is 1. The van der Waals surface area contributed by atoms with Gasteiger partial charge in [0.15, 0.2) is 5.11 Å². The first kappa shape index (κ1) is 13.4. The number of halogens is 4. The van der Waals surface area contributed by atoms with E-state index >= 15 is 0 Å². The molecule has 0 spiro atoms. The highest BCUT2D eigenvalue weighted by Gasteiger charge is 2.33. The van der Waals surface area contributed by atoms with Crippen molar-refractivity contribution < 1.29 is 13.2 Å². The van der Waals surface area contributed by atoms with E-state index in [0.717, 1.165) is 18.9 Å². The normalized spacial score (nSPS) is 15.3. The summed E-state index contributed by atoms with van der Waals surface area (Å²) in [6, 6.07) is 3.83. The van der Waals surface area contributed by atoms with Crippen molar-refractivity contribution in [1.29, 1.82) is 0 Å². The second kappa shape index (κ2) is 4.93. The van der Waals surface area contributed by atoms with Gasteiger partial charge in [-0.1, -0.05) is 11.6 Å². The summed E-state index contributed by atoms with van der Waals surface area (Å²) in [6.07, 6.45) is -2.31. The van der Waals surface area contributed by atoms with Gasteiger partial charge in [-0.15, -0.1) is 0 Å². The lowest BCUT2D eigenvalue weighted by Crippen LogP contribution is -2.30. The van der Waals surface area contributed by atoms with Crippen LogP contribution >= 0.6 is 23.8 Å². The van der Waals surface area contributed by atoms with Gasteiger partial charge in [-0.3, -0.25) is 0 Å². The van der Waals surface area contributed by atoms with Gasteiger partial charge in [0.05, 0.1) is 10.6 Å². The maximum atomic E-state index is 12.5. The standard InChI is InChI=1S/C11H10ClF3N2S/c12-9-5-7(3-4-8(9)11(13,14)15)17-10(18)16-6-1-2-6/h3-6H,1-2H2,(H2,16,17,18). The Kier molecular flexibility index (Phi) is 3.68. The highest BCUT2D eigenvalue weighted by molar-refractivity contribution is 7.80. The Bertz CT molecular complexity index is 472. The molecule has 0 aromatic heterocycles. The highest BCUT2D eigenvalue weighted by atomic mass is 35.5. The summed E-state index contributed by atoms with van der Waals surface area (Å²) in [5.74, 6) is 0. The Balaban J connectivity index is 2.06. The summed E-state index contributed by atoms with van der Waals surface area (Å²) >= 11 is 10.6. The van der Waals surface area contributed by atoms with E-state index in [9.17, 15) is 13.2 Å². The lowest BCUT2D eigenvalue weighted by atomic mass is 10.2. The quantitative estimate of drug-likeness (QED) is 0.811. The Morgan fingerprint density at radius 1 is 1.33 bits per heavy atom. The van der Waals surface area contributed by atoms with Crippen molar-refractivity contribution in [2.45, 2.75) is 25.1 Å². The second-order valence-corrected chi connectivity index (χ2v) is 4.88. The van der Waals surface area contributed by atoms with E-state index in [-0.39, 0.29) is 5.02 Å². The zero-order valence-electron chi connectivity index (χ0n) is 9.14. The minimum absolute atomic E-state index is 0.346. The molecular weight excluding hydrogens is 285 g/mol. The summed E-state index contributed by atoms with van der Waals surface area (Å²) in [6.45, 7) is 0. The van der Waals surface area contributed by atoms with E-state index in [1.54, 1.807) is 0 Å². The Labute approximate surface area is 113 Å². The first-order valence-corrected chi connectivity index (χ1v) is 6.09. The largest absolute Gasteiger partial charge is 0.417 e. The summed E-state index contributed by atoms with van der Waals surface area (Å²) in [4.78, 5) is 0. The number of anilines is 1. The molecule has 0 aliphatic heterocycles. The third-order valence-corrected chi connectivity index (χ3v) is 2.98. The first-order chi connectivity index (χ1) is 8.36. The summed E-state index contributed by atoms with van der Waals surface area (Å²) in [5.41, 5.74) is -0.415. The third-order valence-electron chi connectivity index (χ3n) is 2.44. The molecule has 1 fully saturated rings. The molecule has 0 amide bonds.